The normalized spacial score (nSPS) is 31.9. The lowest BCUT2D eigenvalue weighted by Gasteiger charge is -2.36. The number of piperidine rings is 1. The Morgan fingerprint density at radius 3 is 2.72 bits per heavy atom. The number of nitrogens with zero attached hydrogens (tertiary/aromatic N) is 3. The fourth-order valence-corrected chi connectivity index (χ4v) is 3.56. The molecule has 2 fully saturated rings. The van der Waals surface area contributed by atoms with Gasteiger partial charge in [0.05, 0.1) is 6.33 Å². The van der Waals surface area contributed by atoms with E-state index in [1.807, 2.05) is 18.7 Å². The number of fused-ring (bicyclic) bond motifs is 2. The SMILES string of the molecule is CN1C2CCC1CC(NCCCn1ccnc1)C2. The van der Waals surface area contributed by atoms with E-state index in [0.717, 1.165) is 31.2 Å². The van der Waals surface area contributed by atoms with Gasteiger partial charge < -0.3 is 14.8 Å². The average Bonchev–Trinajstić information content (AvgIpc) is 2.93. The molecule has 18 heavy (non-hydrogen) atoms. The van der Waals surface area contributed by atoms with Crippen molar-refractivity contribution in [3.05, 3.63) is 18.7 Å². The molecule has 0 saturated carbocycles. The van der Waals surface area contributed by atoms with Crippen LogP contribution in [0.2, 0.25) is 0 Å². The van der Waals surface area contributed by atoms with Gasteiger partial charge in [-0.05, 0) is 45.7 Å². The molecule has 0 radical (unpaired) electrons. The number of aryl methyl sites for hydroxylation is 1. The van der Waals surface area contributed by atoms with E-state index in [4.69, 9.17) is 0 Å². The molecule has 4 heteroatoms. The van der Waals surface area contributed by atoms with Crippen LogP contribution in [0.1, 0.15) is 32.1 Å². The summed E-state index contributed by atoms with van der Waals surface area (Å²) in [6.45, 7) is 2.21. The Balaban J connectivity index is 1.37. The third-order valence-corrected chi connectivity index (χ3v) is 4.68. The molecule has 2 unspecified atom stereocenters. The van der Waals surface area contributed by atoms with E-state index in [1.54, 1.807) is 0 Å². The Labute approximate surface area is 109 Å². The molecule has 100 valence electrons. The van der Waals surface area contributed by atoms with E-state index >= 15 is 0 Å². The molecule has 2 aliphatic heterocycles. The van der Waals surface area contributed by atoms with Gasteiger partial charge in [-0.3, -0.25) is 0 Å². The number of aromatic nitrogens is 2. The van der Waals surface area contributed by atoms with Crippen LogP contribution in [-0.4, -0.2) is 46.2 Å². The second-order valence-corrected chi connectivity index (χ2v) is 5.83. The molecule has 2 aliphatic rings. The van der Waals surface area contributed by atoms with Crippen LogP contribution in [0.5, 0.6) is 0 Å². The molecule has 0 aromatic carbocycles. The van der Waals surface area contributed by atoms with Gasteiger partial charge in [0.1, 0.15) is 0 Å². The predicted octanol–water partition coefficient (Wildman–Crippen LogP) is 1.49. The molecule has 2 atom stereocenters. The minimum atomic E-state index is 0.751. The summed E-state index contributed by atoms with van der Waals surface area (Å²) in [5.41, 5.74) is 0. The van der Waals surface area contributed by atoms with Crippen molar-refractivity contribution < 1.29 is 0 Å². The first-order valence-corrected chi connectivity index (χ1v) is 7.24. The van der Waals surface area contributed by atoms with E-state index in [9.17, 15) is 0 Å². The Morgan fingerprint density at radius 1 is 1.28 bits per heavy atom. The van der Waals surface area contributed by atoms with E-state index in [2.05, 4.69) is 26.8 Å². The van der Waals surface area contributed by atoms with Gasteiger partial charge in [-0.2, -0.15) is 0 Å². The van der Waals surface area contributed by atoms with Crippen LogP contribution >= 0.6 is 0 Å². The fourth-order valence-electron chi connectivity index (χ4n) is 3.56. The largest absolute Gasteiger partial charge is 0.337 e. The number of imidazole rings is 1. The molecule has 0 amide bonds. The van der Waals surface area contributed by atoms with Crippen molar-refractivity contribution in [2.75, 3.05) is 13.6 Å². The van der Waals surface area contributed by atoms with Crippen LogP contribution < -0.4 is 5.32 Å². The zero-order valence-electron chi connectivity index (χ0n) is 11.3. The number of nitrogens with one attached hydrogen (secondary N) is 1. The summed E-state index contributed by atoms with van der Waals surface area (Å²) in [4.78, 5) is 6.67. The van der Waals surface area contributed by atoms with Crippen LogP contribution in [0.3, 0.4) is 0 Å². The van der Waals surface area contributed by atoms with E-state index in [1.165, 1.54) is 32.1 Å². The summed E-state index contributed by atoms with van der Waals surface area (Å²) in [5, 5.41) is 3.74. The number of hydrogen-bond donors (Lipinski definition) is 1. The molecule has 1 aromatic rings. The van der Waals surface area contributed by atoms with Crippen LogP contribution in [-0.2, 0) is 6.54 Å². The highest BCUT2D eigenvalue weighted by atomic mass is 15.2. The summed E-state index contributed by atoms with van der Waals surface area (Å²) in [7, 11) is 2.30. The van der Waals surface area contributed by atoms with Crippen molar-refractivity contribution in [3.8, 4) is 0 Å². The summed E-state index contributed by atoms with van der Waals surface area (Å²) in [6, 6.07) is 2.44. The van der Waals surface area contributed by atoms with Crippen molar-refractivity contribution in [1.82, 2.24) is 19.8 Å². The van der Waals surface area contributed by atoms with Gasteiger partial charge in [-0.25, -0.2) is 4.98 Å². The molecule has 2 bridgehead atoms. The van der Waals surface area contributed by atoms with Crippen LogP contribution in [0.25, 0.3) is 0 Å². The van der Waals surface area contributed by atoms with Gasteiger partial charge in [0.25, 0.3) is 0 Å². The summed E-state index contributed by atoms with van der Waals surface area (Å²) >= 11 is 0. The topological polar surface area (TPSA) is 33.1 Å². The van der Waals surface area contributed by atoms with Crippen molar-refractivity contribution in [2.45, 2.75) is 56.8 Å². The Morgan fingerprint density at radius 2 is 2.06 bits per heavy atom. The lowest BCUT2D eigenvalue weighted by molar-refractivity contribution is 0.148. The highest BCUT2D eigenvalue weighted by Gasteiger charge is 2.37. The van der Waals surface area contributed by atoms with Crippen molar-refractivity contribution in [2.24, 2.45) is 0 Å². The maximum absolute atomic E-state index is 4.06. The van der Waals surface area contributed by atoms with E-state index in [0.29, 0.717) is 0 Å². The van der Waals surface area contributed by atoms with Gasteiger partial charge in [0.2, 0.25) is 0 Å². The zero-order chi connectivity index (χ0) is 12.4. The quantitative estimate of drug-likeness (QED) is 0.801. The summed E-state index contributed by atoms with van der Waals surface area (Å²) in [6.07, 6.45) is 12.5. The standard InChI is InChI=1S/C14H24N4/c1-17-13-3-4-14(17)10-12(9-13)16-5-2-7-18-8-6-15-11-18/h6,8,11-14,16H,2-5,7,9-10H2,1H3. The first-order chi connectivity index (χ1) is 8.83. The van der Waals surface area contributed by atoms with Gasteiger partial charge in [-0.1, -0.05) is 0 Å². The fraction of sp³-hybridized carbons (Fsp3) is 0.786. The highest BCUT2D eigenvalue weighted by Crippen LogP contribution is 2.34. The molecular formula is C14H24N4. The van der Waals surface area contributed by atoms with Crippen LogP contribution in [0.4, 0.5) is 0 Å². The van der Waals surface area contributed by atoms with Crippen LogP contribution in [0.15, 0.2) is 18.7 Å². The van der Waals surface area contributed by atoms with Gasteiger partial charge in [0, 0.05) is 37.1 Å². The van der Waals surface area contributed by atoms with E-state index in [-0.39, 0.29) is 0 Å². The minimum Gasteiger partial charge on any atom is -0.337 e. The number of rotatable bonds is 5. The maximum Gasteiger partial charge on any atom is 0.0945 e. The Bertz CT molecular complexity index is 348. The first kappa shape index (κ1) is 12.2. The summed E-state index contributed by atoms with van der Waals surface area (Å²) in [5.74, 6) is 0. The molecule has 0 aliphatic carbocycles. The second kappa shape index (κ2) is 5.41. The molecule has 0 spiro atoms. The Kier molecular flexibility index (Phi) is 3.66. The zero-order valence-corrected chi connectivity index (χ0v) is 11.3. The third kappa shape index (κ3) is 2.59. The molecule has 3 rings (SSSR count). The second-order valence-electron chi connectivity index (χ2n) is 5.83. The highest BCUT2D eigenvalue weighted by molar-refractivity contribution is 4.95. The molecule has 4 nitrogen and oxygen atoms in total. The molecule has 1 N–H and O–H groups in total. The third-order valence-electron chi connectivity index (χ3n) is 4.68. The van der Waals surface area contributed by atoms with Crippen molar-refractivity contribution in [1.29, 1.82) is 0 Å². The monoisotopic (exact) mass is 248 g/mol. The lowest BCUT2D eigenvalue weighted by atomic mass is 9.98. The molecular weight excluding hydrogens is 224 g/mol. The minimum absolute atomic E-state index is 0.751. The van der Waals surface area contributed by atoms with Gasteiger partial charge in [-0.15, -0.1) is 0 Å². The number of hydrogen-bond acceptors (Lipinski definition) is 3. The molecule has 1 aromatic heterocycles. The average molecular weight is 248 g/mol. The van der Waals surface area contributed by atoms with Crippen LogP contribution in [0, 0.1) is 0 Å². The Hall–Kier alpha value is -0.870. The predicted molar refractivity (Wildman–Crippen MR) is 72.4 cm³/mol. The van der Waals surface area contributed by atoms with Crippen molar-refractivity contribution >= 4 is 0 Å². The van der Waals surface area contributed by atoms with Gasteiger partial charge in [0.15, 0.2) is 0 Å². The molecule has 3 heterocycles. The van der Waals surface area contributed by atoms with Gasteiger partial charge >= 0.3 is 0 Å². The summed E-state index contributed by atoms with van der Waals surface area (Å²) < 4.78 is 2.15. The smallest absolute Gasteiger partial charge is 0.0945 e. The van der Waals surface area contributed by atoms with Crippen molar-refractivity contribution in [3.63, 3.8) is 0 Å². The molecule has 2 saturated heterocycles. The lowest BCUT2D eigenvalue weighted by Crippen LogP contribution is -2.47. The van der Waals surface area contributed by atoms with E-state index < -0.39 is 0 Å². The maximum atomic E-state index is 4.06. The first-order valence-electron chi connectivity index (χ1n) is 7.24.